The maximum absolute atomic E-state index is 5.18. The van der Waals surface area contributed by atoms with Crippen LogP contribution in [-0.2, 0) is 0 Å². The first-order valence-corrected chi connectivity index (χ1v) is 6.21. The van der Waals surface area contributed by atoms with Crippen LogP contribution < -0.4 is 10.2 Å². The molecule has 98 valence electrons. The molecular weight excluding hydrogens is 236 g/mol. The fourth-order valence-corrected chi connectivity index (χ4v) is 1.78. The topological polar surface area (TPSA) is 33.6 Å². The Bertz CT molecular complexity index is 577. The van der Waals surface area contributed by atoms with E-state index in [0.29, 0.717) is 0 Å². The zero-order valence-corrected chi connectivity index (χ0v) is 11.5. The van der Waals surface area contributed by atoms with Gasteiger partial charge in [-0.3, -0.25) is 5.43 Å². The first kappa shape index (κ1) is 13.1. The molecule has 0 atom stereocenters. The Morgan fingerprint density at radius 1 is 1.11 bits per heavy atom. The highest BCUT2D eigenvalue weighted by Crippen LogP contribution is 2.21. The highest BCUT2D eigenvalue weighted by atomic mass is 16.5. The SMILES string of the molecule is COc1ccc(NN=C(C)c2ccccc2)c(C)c1. The van der Waals surface area contributed by atoms with Crippen molar-refractivity contribution in [3.8, 4) is 5.75 Å². The lowest BCUT2D eigenvalue weighted by atomic mass is 10.1. The van der Waals surface area contributed by atoms with Crippen molar-refractivity contribution in [3.05, 3.63) is 59.7 Å². The van der Waals surface area contributed by atoms with Crippen LogP contribution in [0.15, 0.2) is 53.6 Å². The summed E-state index contributed by atoms with van der Waals surface area (Å²) in [6, 6.07) is 16.0. The first-order valence-electron chi connectivity index (χ1n) is 6.21. The van der Waals surface area contributed by atoms with Crippen LogP contribution in [0.25, 0.3) is 0 Å². The zero-order valence-electron chi connectivity index (χ0n) is 11.5. The van der Waals surface area contributed by atoms with Gasteiger partial charge >= 0.3 is 0 Å². The van der Waals surface area contributed by atoms with Crippen molar-refractivity contribution in [2.75, 3.05) is 12.5 Å². The number of nitrogens with zero attached hydrogens (tertiary/aromatic N) is 1. The summed E-state index contributed by atoms with van der Waals surface area (Å²) in [7, 11) is 1.67. The Balaban J connectivity index is 2.14. The molecule has 0 saturated heterocycles. The van der Waals surface area contributed by atoms with Crippen molar-refractivity contribution in [2.45, 2.75) is 13.8 Å². The van der Waals surface area contributed by atoms with E-state index in [9.17, 15) is 0 Å². The summed E-state index contributed by atoms with van der Waals surface area (Å²) < 4.78 is 5.18. The lowest BCUT2D eigenvalue weighted by Crippen LogP contribution is -2.00. The van der Waals surface area contributed by atoms with Gasteiger partial charge in [-0.1, -0.05) is 30.3 Å². The Morgan fingerprint density at radius 2 is 1.84 bits per heavy atom. The Morgan fingerprint density at radius 3 is 2.47 bits per heavy atom. The van der Waals surface area contributed by atoms with Gasteiger partial charge in [-0.25, -0.2) is 0 Å². The summed E-state index contributed by atoms with van der Waals surface area (Å²) in [5.41, 5.74) is 7.24. The molecule has 0 aliphatic rings. The molecule has 0 saturated carbocycles. The molecule has 0 aliphatic heterocycles. The van der Waals surface area contributed by atoms with E-state index in [1.807, 2.05) is 62.4 Å². The normalized spacial score (nSPS) is 11.2. The minimum Gasteiger partial charge on any atom is -0.497 e. The summed E-state index contributed by atoms with van der Waals surface area (Å²) in [5, 5.41) is 4.41. The maximum atomic E-state index is 5.18. The van der Waals surface area contributed by atoms with Crippen LogP contribution in [0.3, 0.4) is 0 Å². The highest BCUT2D eigenvalue weighted by molar-refractivity contribution is 5.99. The number of rotatable bonds is 4. The molecule has 1 N–H and O–H groups in total. The molecule has 0 aromatic heterocycles. The third kappa shape index (κ3) is 3.35. The van der Waals surface area contributed by atoms with E-state index < -0.39 is 0 Å². The molecular formula is C16H18N2O. The quantitative estimate of drug-likeness (QED) is 0.664. The third-order valence-corrected chi connectivity index (χ3v) is 2.97. The summed E-state index contributed by atoms with van der Waals surface area (Å²) in [6.07, 6.45) is 0. The lowest BCUT2D eigenvalue weighted by Gasteiger charge is -2.08. The highest BCUT2D eigenvalue weighted by Gasteiger charge is 2.00. The number of anilines is 1. The number of benzene rings is 2. The minimum absolute atomic E-state index is 0.854. The van der Waals surface area contributed by atoms with Gasteiger partial charge < -0.3 is 4.74 Å². The van der Waals surface area contributed by atoms with Gasteiger partial charge in [0, 0.05) is 0 Å². The molecule has 0 amide bonds. The van der Waals surface area contributed by atoms with Crippen LogP contribution in [0.2, 0.25) is 0 Å². The zero-order chi connectivity index (χ0) is 13.7. The van der Waals surface area contributed by atoms with E-state index in [4.69, 9.17) is 4.74 Å². The Hall–Kier alpha value is -2.29. The van der Waals surface area contributed by atoms with Crippen molar-refractivity contribution in [1.29, 1.82) is 0 Å². The number of ether oxygens (including phenoxy) is 1. The van der Waals surface area contributed by atoms with Crippen LogP contribution in [0.1, 0.15) is 18.1 Å². The van der Waals surface area contributed by atoms with Gasteiger partial charge in [-0.15, -0.1) is 0 Å². The second kappa shape index (κ2) is 6.05. The molecule has 0 unspecified atom stereocenters. The fraction of sp³-hybridized carbons (Fsp3) is 0.188. The van der Waals surface area contributed by atoms with Gasteiger partial charge in [0.25, 0.3) is 0 Å². The second-order valence-corrected chi connectivity index (χ2v) is 4.36. The van der Waals surface area contributed by atoms with E-state index in [1.165, 1.54) is 0 Å². The van der Waals surface area contributed by atoms with Crippen LogP contribution in [0.5, 0.6) is 5.75 Å². The van der Waals surface area contributed by atoms with Gasteiger partial charge in [-0.2, -0.15) is 5.10 Å². The molecule has 0 heterocycles. The number of methoxy groups -OCH3 is 1. The second-order valence-electron chi connectivity index (χ2n) is 4.36. The van der Waals surface area contributed by atoms with E-state index in [-0.39, 0.29) is 0 Å². The van der Waals surface area contributed by atoms with Crippen molar-refractivity contribution in [1.82, 2.24) is 0 Å². The number of nitrogens with one attached hydrogen (secondary N) is 1. The predicted octanol–water partition coefficient (Wildman–Crippen LogP) is 3.84. The van der Waals surface area contributed by atoms with Gasteiger partial charge in [0.05, 0.1) is 18.5 Å². The first-order chi connectivity index (χ1) is 9.20. The molecule has 0 aliphatic carbocycles. The standard InChI is InChI=1S/C16H18N2O/c1-12-11-15(19-3)9-10-16(12)18-17-13(2)14-7-5-4-6-8-14/h4-11,18H,1-3H3. The summed E-state index contributed by atoms with van der Waals surface area (Å²) in [5.74, 6) is 0.854. The van der Waals surface area contributed by atoms with Gasteiger partial charge in [0.2, 0.25) is 0 Å². The largest absolute Gasteiger partial charge is 0.497 e. The maximum Gasteiger partial charge on any atom is 0.119 e. The van der Waals surface area contributed by atoms with E-state index >= 15 is 0 Å². The van der Waals surface area contributed by atoms with Gasteiger partial charge in [0.15, 0.2) is 0 Å². The average Bonchev–Trinajstić information content (AvgIpc) is 2.46. The summed E-state index contributed by atoms with van der Waals surface area (Å²) >= 11 is 0. The van der Waals surface area contributed by atoms with Crippen LogP contribution in [-0.4, -0.2) is 12.8 Å². The molecule has 2 rings (SSSR count). The average molecular weight is 254 g/mol. The van der Waals surface area contributed by atoms with Gasteiger partial charge in [-0.05, 0) is 43.2 Å². The monoisotopic (exact) mass is 254 g/mol. The van der Waals surface area contributed by atoms with Crippen molar-refractivity contribution >= 4 is 11.4 Å². The summed E-state index contributed by atoms with van der Waals surface area (Å²) in [4.78, 5) is 0. The lowest BCUT2D eigenvalue weighted by molar-refractivity contribution is 0.414. The molecule has 19 heavy (non-hydrogen) atoms. The molecule has 2 aromatic rings. The number of hydrogen-bond acceptors (Lipinski definition) is 3. The van der Waals surface area contributed by atoms with Crippen LogP contribution in [0, 0.1) is 6.92 Å². The molecule has 0 bridgehead atoms. The van der Waals surface area contributed by atoms with E-state index in [0.717, 1.165) is 28.3 Å². The Kier molecular flexibility index (Phi) is 4.18. The van der Waals surface area contributed by atoms with Crippen molar-refractivity contribution in [2.24, 2.45) is 5.10 Å². The van der Waals surface area contributed by atoms with Crippen LogP contribution >= 0.6 is 0 Å². The third-order valence-electron chi connectivity index (χ3n) is 2.97. The Labute approximate surface area is 113 Å². The van der Waals surface area contributed by atoms with Gasteiger partial charge in [0.1, 0.15) is 5.75 Å². The van der Waals surface area contributed by atoms with E-state index in [2.05, 4.69) is 10.5 Å². The number of hydrazone groups is 1. The number of hydrogen-bond donors (Lipinski definition) is 1. The van der Waals surface area contributed by atoms with E-state index in [1.54, 1.807) is 7.11 Å². The molecule has 0 spiro atoms. The molecule has 0 fully saturated rings. The smallest absolute Gasteiger partial charge is 0.119 e. The minimum atomic E-state index is 0.854. The molecule has 3 heteroatoms. The molecule has 2 aromatic carbocycles. The predicted molar refractivity (Wildman–Crippen MR) is 80.0 cm³/mol. The van der Waals surface area contributed by atoms with Crippen molar-refractivity contribution in [3.63, 3.8) is 0 Å². The fourth-order valence-electron chi connectivity index (χ4n) is 1.78. The van der Waals surface area contributed by atoms with Crippen LogP contribution in [0.4, 0.5) is 5.69 Å². The molecule has 3 nitrogen and oxygen atoms in total. The summed E-state index contributed by atoms with van der Waals surface area (Å²) in [6.45, 7) is 4.01. The molecule has 0 radical (unpaired) electrons. The number of aryl methyl sites for hydroxylation is 1. The van der Waals surface area contributed by atoms with Crippen molar-refractivity contribution < 1.29 is 4.74 Å².